The lowest BCUT2D eigenvalue weighted by Gasteiger charge is -1.91. The summed E-state index contributed by atoms with van der Waals surface area (Å²) in [6, 6.07) is 1.71. The van der Waals surface area contributed by atoms with E-state index in [-0.39, 0.29) is 0 Å². The molecule has 3 nitrogen and oxygen atoms in total. The molecule has 0 aliphatic heterocycles. The zero-order valence-corrected chi connectivity index (χ0v) is 6.94. The van der Waals surface area contributed by atoms with Crippen molar-refractivity contribution in [2.75, 3.05) is 0 Å². The number of nitrogens with zero attached hydrogens (tertiary/aromatic N) is 1. The highest BCUT2D eigenvalue weighted by Crippen LogP contribution is 2.17. The van der Waals surface area contributed by atoms with Crippen LogP contribution in [0.1, 0.15) is 22.2 Å². The highest BCUT2D eigenvalue weighted by Gasteiger charge is 2.09. The van der Waals surface area contributed by atoms with Crippen molar-refractivity contribution in [1.82, 2.24) is 0 Å². The number of rotatable bonds is 2. The second kappa shape index (κ2) is 3.39. The predicted octanol–water partition coefficient (Wildman–Crippen LogP) is 2.48. The Kier molecular flexibility index (Phi) is 2.48. The molecule has 0 aliphatic rings. The molecule has 58 valence electrons. The quantitative estimate of drug-likeness (QED) is 0.677. The lowest BCUT2D eigenvalue weighted by Crippen LogP contribution is -1.94. The number of carbonyl (C=O) groups is 1. The molecule has 1 rings (SSSR count). The number of hydrogen-bond donors (Lipinski definition) is 1. The normalized spacial score (nSPS) is 9.55. The third-order valence-corrected chi connectivity index (χ3v) is 2.46. The molecule has 4 heteroatoms. The van der Waals surface area contributed by atoms with Crippen molar-refractivity contribution in [3.05, 3.63) is 21.9 Å². The van der Waals surface area contributed by atoms with Crippen molar-refractivity contribution in [2.24, 2.45) is 5.11 Å². The Balaban J connectivity index is 3.01. The fourth-order valence-corrected chi connectivity index (χ4v) is 1.68. The van der Waals surface area contributed by atoms with Crippen molar-refractivity contribution < 1.29 is 4.79 Å². The van der Waals surface area contributed by atoms with Crippen molar-refractivity contribution >= 4 is 17.2 Å². The van der Waals surface area contributed by atoms with Crippen LogP contribution in [0.5, 0.6) is 0 Å². The van der Waals surface area contributed by atoms with E-state index in [4.69, 9.17) is 5.53 Å². The van der Waals surface area contributed by atoms with Crippen LogP contribution in [0.2, 0.25) is 0 Å². The fraction of sp³-hybridized carbons (Fsp3) is 0.286. The lowest BCUT2D eigenvalue weighted by molar-refractivity contribution is 0.0990. The molecule has 0 saturated carbocycles. The van der Waals surface area contributed by atoms with Gasteiger partial charge in [-0.3, -0.25) is 4.79 Å². The molecule has 0 bridgehead atoms. The van der Waals surface area contributed by atoms with E-state index >= 15 is 0 Å². The van der Waals surface area contributed by atoms with Gasteiger partial charge in [-0.15, -0.1) is 16.5 Å². The third-order valence-electron chi connectivity index (χ3n) is 1.40. The van der Waals surface area contributed by atoms with Gasteiger partial charge in [-0.1, -0.05) is 6.92 Å². The summed E-state index contributed by atoms with van der Waals surface area (Å²) in [5, 5.41) is 4.70. The molecule has 0 aliphatic carbocycles. The highest BCUT2D eigenvalue weighted by molar-refractivity contribution is 7.10. The maximum Gasteiger partial charge on any atom is 0.295 e. The van der Waals surface area contributed by atoms with Crippen LogP contribution in [-0.2, 0) is 6.42 Å². The van der Waals surface area contributed by atoms with Crippen molar-refractivity contribution in [1.29, 1.82) is 5.53 Å². The van der Waals surface area contributed by atoms with Crippen LogP contribution in [0.4, 0.5) is 0 Å². The zero-order valence-electron chi connectivity index (χ0n) is 6.13. The first-order valence-electron chi connectivity index (χ1n) is 3.27. The van der Waals surface area contributed by atoms with Gasteiger partial charge < -0.3 is 0 Å². The zero-order chi connectivity index (χ0) is 8.27. The van der Waals surface area contributed by atoms with Crippen LogP contribution >= 0.6 is 11.3 Å². The van der Waals surface area contributed by atoms with Gasteiger partial charge in [-0.2, -0.15) is 0 Å². The van der Waals surface area contributed by atoms with Crippen LogP contribution in [0.15, 0.2) is 16.6 Å². The number of aryl methyl sites for hydroxylation is 1. The monoisotopic (exact) mass is 168 g/mol. The molecular formula is C7H8N2OS. The molecule has 1 amide bonds. The minimum Gasteiger partial charge on any atom is -0.265 e. The first-order chi connectivity index (χ1) is 5.29. The van der Waals surface area contributed by atoms with E-state index in [1.807, 2.05) is 12.3 Å². The van der Waals surface area contributed by atoms with Crippen molar-refractivity contribution in [2.45, 2.75) is 13.3 Å². The van der Waals surface area contributed by atoms with Crippen LogP contribution in [0.3, 0.4) is 0 Å². The first kappa shape index (κ1) is 8.07. The number of nitrogens with one attached hydrogen (secondary N) is 1. The summed E-state index contributed by atoms with van der Waals surface area (Å²) in [5.74, 6) is -0.442. The summed E-state index contributed by atoms with van der Waals surface area (Å²) in [7, 11) is 0. The van der Waals surface area contributed by atoms with Gasteiger partial charge in [0.2, 0.25) is 0 Å². The van der Waals surface area contributed by atoms with Crippen molar-refractivity contribution in [3.63, 3.8) is 0 Å². The Morgan fingerprint density at radius 1 is 1.82 bits per heavy atom. The SMILES string of the molecule is CCc1sccc1C(=O)N=N. The third kappa shape index (κ3) is 1.51. The molecule has 0 spiro atoms. The van der Waals surface area contributed by atoms with E-state index in [0.29, 0.717) is 5.56 Å². The van der Waals surface area contributed by atoms with Gasteiger partial charge >= 0.3 is 0 Å². The Bertz CT molecular complexity index is 280. The summed E-state index contributed by atoms with van der Waals surface area (Å²) in [6.07, 6.45) is 0.828. The second-order valence-corrected chi connectivity index (χ2v) is 3.03. The average Bonchev–Trinajstić information content (AvgIpc) is 2.50. The van der Waals surface area contributed by atoms with E-state index in [1.54, 1.807) is 6.07 Å². The minimum atomic E-state index is -0.442. The van der Waals surface area contributed by atoms with Crippen LogP contribution < -0.4 is 0 Å². The second-order valence-electron chi connectivity index (χ2n) is 2.03. The predicted molar refractivity (Wildman–Crippen MR) is 43.2 cm³/mol. The smallest absolute Gasteiger partial charge is 0.265 e. The molecule has 0 aromatic carbocycles. The fourth-order valence-electron chi connectivity index (χ4n) is 0.865. The van der Waals surface area contributed by atoms with Crippen LogP contribution in [0.25, 0.3) is 0 Å². The Morgan fingerprint density at radius 3 is 3.09 bits per heavy atom. The standard InChI is InChI=1S/C7H8N2OS/c1-2-6-5(3-4-11-6)7(10)9-8/h3-4,8H,2H2,1H3. The first-order valence-corrected chi connectivity index (χ1v) is 4.15. The topological polar surface area (TPSA) is 53.3 Å². The van der Waals surface area contributed by atoms with Gasteiger partial charge in [0.1, 0.15) is 0 Å². The van der Waals surface area contributed by atoms with E-state index in [1.165, 1.54) is 11.3 Å². The van der Waals surface area contributed by atoms with E-state index in [9.17, 15) is 4.79 Å². The molecule has 0 radical (unpaired) electrons. The van der Waals surface area contributed by atoms with Crippen LogP contribution in [-0.4, -0.2) is 5.91 Å². The largest absolute Gasteiger partial charge is 0.295 e. The maximum absolute atomic E-state index is 10.9. The molecular weight excluding hydrogens is 160 g/mol. The average molecular weight is 168 g/mol. The van der Waals surface area contributed by atoms with Gasteiger partial charge in [0.05, 0.1) is 5.56 Å². The van der Waals surface area contributed by atoms with Crippen molar-refractivity contribution in [3.8, 4) is 0 Å². The van der Waals surface area contributed by atoms with E-state index in [0.717, 1.165) is 11.3 Å². The summed E-state index contributed by atoms with van der Waals surface area (Å²) in [4.78, 5) is 11.9. The highest BCUT2D eigenvalue weighted by atomic mass is 32.1. The van der Waals surface area contributed by atoms with Gasteiger partial charge in [0, 0.05) is 4.88 Å². The lowest BCUT2D eigenvalue weighted by atomic mass is 10.2. The Labute approximate surface area is 68.6 Å². The summed E-state index contributed by atoms with van der Waals surface area (Å²) in [6.45, 7) is 1.98. The number of hydrogen-bond acceptors (Lipinski definition) is 3. The Hall–Kier alpha value is -1.03. The Morgan fingerprint density at radius 2 is 2.55 bits per heavy atom. The molecule has 0 unspecified atom stereocenters. The summed E-state index contributed by atoms with van der Waals surface area (Å²) >= 11 is 1.53. The number of carbonyl (C=O) groups excluding carboxylic acids is 1. The van der Waals surface area contributed by atoms with Gasteiger partial charge in [-0.05, 0) is 17.9 Å². The number of amides is 1. The molecule has 1 N–H and O–H groups in total. The molecule has 0 atom stereocenters. The molecule has 1 aromatic rings. The van der Waals surface area contributed by atoms with Gasteiger partial charge in [0.15, 0.2) is 0 Å². The van der Waals surface area contributed by atoms with E-state index in [2.05, 4.69) is 5.11 Å². The maximum atomic E-state index is 10.9. The molecule has 11 heavy (non-hydrogen) atoms. The summed E-state index contributed by atoms with van der Waals surface area (Å²) in [5.41, 5.74) is 7.11. The van der Waals surface area contributed by atoms with Gasteiger partial charge in [0.25, 0.3) is 5.91 Å². The van der Waals surface area contributed by atoms with Crippen LogP contribution in [0, 0.1) is 5.53 Å². The molecule has 0 saturated heterocycles. The number of thiophene rings is 1. The minimum absolute atomic E-state index is 0.442. The van der Waals surface area contributed by atoms with Gasteiger partial charge in [-0.25, -0.2) is 5.53 Å². The molecule has 0 fully saturated rings. The summed E-state index contributed by atoms with van der Waals surface area (Å²) < 4.78 is 0. The van der Waals surface area contributed by atoms with E-state index < -0.39 is 5.91 Å². The molecule has 1 heterocycles. The molecule has 1 aromatic heterocycles.